The van der Waals surface area contributed by atoms with Gasteiger partial charge in [0.25, 0.3) is 0 Å². The fraction of sp³-hybridized carbons (Fsp3) is 0.211. The fourth-order valence-corrected chi connectivity index (χ4v) is 3.02. The molecule has 0 saturated heterocycles. The molecule has 3 rings (SSSR count). The van der Waals surface area contributed by atoms with Crippen LogP contribution in [0.25, 0.3) is 11.3 Å². The number of nitrogens with one attached hydrogen (secondary N) is 2. The fourth-order valence-electron chi connectivity index (χ4n) is 2.72. The third-order valence-electron chi connectivity index (χ3n) is 4.13. The van der Waals surface area contributed by atoms with E-state index in [2.05, 4.69) is 15.5 Å². The van der Waals surface area contributed by atoms with Crippen LogP contribution in [0.15, 0.2) is 48.7 Å². The highest BCUT2D eigenvalue weighted by atomic mass is 35.5. The van der Waals surface area contributed by atoms with Crippen LogP contribution in [0.1, 0.15) is 24.1 Å². The number of rotatable bonds is 6. The van der Waals surface area contributed by atoms with Crippen molar-refractivity contribution in [3.05, 3.63) is 70.6 Å². The lowest BCUT2D eigenvalue weighted by atomic mass is 10.1. The number of aromatic amines is 1. The first-order chi connectivity index (χ1) is 12.1. The van der Waals surface area contributed by atoms with Crippen molar-refractivity contribution in [3.8, 4) is 17.0 Å². The van der Waals surface area contributed by atoms with Gasteiger partial charge < -0.3 is 10.1 Å². The molecule has 1 heterocycles. The van der Waals surface area contributed by atoms with Gasteiger partial charge in [-0.3, -0.25) is 5.10 Å². The predicted molar refractivity (Wildman–Crippen MR) is 97.2 cm³/mol. The van der Waals surface area contributed by atoms with Crippen molar-refractivity contribution in [3.63, 3.8) is 0 Å². The Morgan fingerprint density at radius 3 is 2.80 bits per heavy atom. The van der Waals surface area contributed by atoms with Crippen molar-refractivity contribution < 1.29 is 9.13 Å². The van der Waals surface area contributed by atoms with Crippen LogP contribution in [0.2, 0.25) is 5.02 Å². The Hall–Kier alpha value is -2.37. The highest BCUT2D eigenvalue weighted by molar-refractivity contribution is 6.31. The normalized spacial score (nSPS) is 12.2. The number of H-pyrrole nitrogens is 1. The van der Waals surface area contributed by atoms with E-state index in [1.54, 1.807) is 18.3 Å². The van der Waals surface area contributed by atoms with Crippen LogP contribution in [-0.2, 0) is 6.54 Å². The third kappa shape index (κ3) is 3.83. The molecule has 0 spiro atoms. The molecule has 0 amide bonds. The maximum atomic E-state index is 14.0. The highest BCUT2D eigenvalue weighted by Gasteiger charge is 2.13. The van der Waals surface area contributed by atoms with Gasteiger partial charge in [-0.25, -0.2) is 4.39 Å². The first kappa shape index (κ1) is 17.5. The summed E-state index contributed by atoms with van der Waals surface area (Å²) in [5, 5.41) is 11.2. The molecule has 3 aromatic rings. The van der Waals surface area contributed by atoms with E-state index in [4.69, 9.17) is 16.3 Å². The number of halogens is 2. The molecule has 0 aliphatic rings. The number of methoxy groups -OCH3 is 1. The number of nitrogens with zero attached hydrogens (tertiary/aromatic N) is 1. The van der Waals surface area contributed by atoms with Crippen molar-refractivity contribution in [2.45, 2.75) is 19.5 Å². The minimum Gasteiger partial charge on any atom is -0.494 e. The topological polar surface area (TPSA) is 49.9 Å². The largest absolute Gasteiger partial charge is 0.494 e. The zero-order chi connectivity index (χ0) is 17.8. The van der Waals surface area contributed by atoms with E-state index in [1.807, 2.05) is 31.2 Å². The maximum absolute atomic E-state index is 14.0. The Morgan fingerprint density at radius 2 is 2.08 bits per heavy atom. The lowest BCUT2D eigenvalue weighted by Crippen LogP contribution is -2.18. The molecule has 0 aliphatic carbocycles. The smallest absolute Gasteiger partial charge is 0.165 e. The van der Waals surface area contributed by atoms with Crippen LogP contribution in [-0.4, -0.2) is 17.3 Å². The molecule has 0 unspecified atom stereocenters. The maximum Gasteiger partial charge on any atom is 0.165 e. The van der Waals surface area contributed by atoms with Crippen LogP contribution in [0.3, 0.4) is 0 Å². The number of ether oxygens (including phenoxy) is 1. The molecule has 25 heavy (non-hydrogen) atoms. The van der Waals surface area contributed by atoms with Gasteiger partial charge in [0.15, 0.2) is 11.6 Å². The second-order valence-corrected chi connectivity index (χ2v) is 6.15. The van der Waals surface area contributed by atoms with E-state index >= 15 is 0 Å². The van der Waals surface area contributed by atoms with Gasteiger partial charge in [-0.2, -0.15) is 5.10 Å². The van der Waals surface area contributed by atoms with Crippen molar-refractivity contribution >= 4 is 11.6 Å². The summed E-state index contributed by atoms with van der Waals surface area (Å²) in [6.45, 7) is 2.62. The van der Waals surface area contributed by atoms with Crippen molar-refractivity contribution in [2.24, 2.45) is 0 Å². The highest BCUT2D eigenvalue weighted by Crippen LogP contribution is 2.27. The lowest BCUT2D eigenvalue weighted by Gasteiger charge is -2.15. The molecule has 0 radical (unpaired) electrons. The summed E-state index contributed by atoms with van der Waals surface area (Å²) >= 11 is 6.24. The number of benzene rings is 2. The Kier molecular flexibility index (Phi) is 5.36. The second kappa shape index (κ2) is 7.68. The summed E-state index contributed by atoms with van der Waals surface area (Å²) in [5.74, 6) is -0.187. The minimum absolute atomic E-state index is 0.0732. The first-order valence-corrected chi connectivity index (χ1v) is 8.32. The van der Waals surface area contributed by atoms with E-state index in [9.17, 15) is 4.39 Å². The lowest BCUT2D eigenvalue weighted by molar-refractivity contribution is 0.386. The molecule has 0 bridgehead atoms. The predicted octanol–water partition coefficient (Wildman–Crippen LogP) is 4.73. The summed E-state index contributed by atoms with van der Waals surface area (Å²) in [6.07, 6.45) is 1.74. The van der Waals surface area contributed by atoms with Crippen LogP contribution < -0.4 is 10.1 Å². The summed E-state index contributed by atoms with van der Waals surface area (Å²) in [5.41, 5.74) is 3.48. The molecule has 2 aromatic carbocycles. The molecule has 1 atom stereocenters. The average Bonchev–Trinajstić information content (AvgIpc) is 3.08. The van der Waals surface area contributed by atoms with Crippen molar-refractivity contribution in [1.82, 2.24) is 15.5 Å². The van der Waals surface area contributed by atoms with Crippen LogP contribution in [0.4, 0.5) is 4.39 Å². The van der Waals surface area contributed by atoms with E-state index in [1.165, 1.54) is 13.2 Å². The molecule has 6 heteroatoms. The van der Waals surface area contributed by atoms with Gasteiger partial charge in [-0.15, -0.1) is 0 Å². The molecule has 0 aliphatic heterocycles. The zero-order valence-corrected chi connectivity index (χ0v) is 14.8. The SMILES string of the molecule is COc1ccc(-c2[nH]ncc2CN[C@@H](C)c2ccccc2Cl)cc1F. The quantitative estimate of drug-likeness (QED) is 0.669. The van der Waals surface area contributed by atoms with Crippen molar-refractivity contribution in [1.29, 1.82) is 0 Å². The minimum atomic E-state index is -0.405. The monoisotopic (exact) mass is 359 g/mol. The van der Waals surface area contributed by atoms with Gasteiger partial charge in [-0.05, 0) is 36.8 Å². The van der Waals surface area contributed by atoms with E-state index in [0.717, 1.165) is 27.4 Å². The Bertz CT molecular complexity index is 865. The molecule has 2 N–H and O–H groups in total. The molecular formula is C19H19ClFN3O. The van der Waals surface area contributed by atoms with Gasteiger partial charge in [0.05, 0.1) is 19.0 Å². The van der Waals surface area contributed by atoms with Gasteiger partial charge in [0.2, 0.25) is 0 Å². The standard InChI is InChI=1S/C19H19ClFN3O/c1-12(15-5-3-4-6-16(15)20)22-10-14-11-23-24-19(14)13-7-8-18(25-2)17(21)9-13/h3-9,11-12,22H,10H2,1-2H3,(H,23,24)/t12-/m0/s1. The molecule has 4 nitrogen and oxygen atoms in total. The van der Waals surface area contributed by atoms with Crippen LogP contribution in [0, 0.1) is 5.82 Å². The Labute approximate surface area is 151 Å². The van der Waals surface area contributed by atoms with E-state index < -0.39 is 5.82 Å². The zero-order valence-electron chi connectivity index (χ0n) is 14.0. The summed E-state index contributed by atoms with van der Waals surface area (Å²) in [4.78, 5) is 0. The van der Waals surface area contributed by atoms with Gasteiger partial charge in [-0.1, -0.05) is 29.8 Å². The Balaban J connectivity index is 1.76. The van der Waals surface area contributed by atoms with E-state index in [-0.39, 0.29) is 11.8 Å². The van der Waals surface area contributed by atoms with Gasteiger partial charge in [0, 0.05) is 28.7 Å². The number of hydrogen-bond acceptors (Lipinski definition) is 3. The molecule has 0 fully saturated rings. The van der Waals surface area contributed by atoms with Crippen LogP contribution >= 0.6 is 11.6 Å². The number of aromatic nitrogens is 2. The van der Waals surface area contributed by atoms with E-state index in [0.29, 0.717) is 6.54 Å². The second-order valence-electron chi connectivity index (χ2n) is 5.74. The summed E-state index contributed by atoms with van der Waals surface area (Å²) in [7, 11) is 1.44. The first-order valence-electron chi connectivity index (χ1n) is 7.94. The average molecular weight is 360 g/mol. The number of hydrogen-bond donors (Lipinski definition) is 2. The molecule has 0 saturated carbocycles. The van der Waals surface area contributed by atoms with Gasteiger partial charge in [0.1, 0.15) is 0 Å². The molecular weight excluding hydrogens is 341 g/mol. The third-order valence-corrected chi connectivity index (χ3v) is 4.47. The molecule has 1 aromatic heterocycles. The molecule has 130 valence electrons. The van der Waals surface area contributed by atoms with Crippen LogP contribution in [0.5, 0.6) is 5.75 Å². The summed E-state index contributed by atoms with van der Waals surface area (Å²) in [6, 6.07) is 12.7. The van der Waals surface area contributed by atoms with Crippen molar-refractivity contribution in [2.75, 3.05) is 7.11 Å². The summed E-state index contributed by atoms with van der Waals surface area (Å²) < 4.78 is 18.9. The van der Waals surface area contributed by atoms with Gasteiger partial charge >= 0.3 is 0 Å². The Morgan fingerprint density at radius 1 is 1.28 bits per heavy atom.